The van der Waals surface area contributed by atoms with Crippen LogP contribution in [0.15, 0.2) is 22.7 Å². The molecule has 2 aromatic rings. The first-order valence-electron chi connectivity index (χ1n) is 4.51. The zero-order valence-corrected chi connectivity index (χ0v) is 9.39. The molecule has 0 spiro atoms. The van der Waals surface area contributed by atoms with Gasteiger partial charge in [-0.2, -0.15) is 0 Å². The molecule has 1 heterocycles. The molecule has 2 nitrogen and oxygen atoms in total. The van der Waals surface area contributed by atoms with E-state index in [0.717, 1.165) is 39.3 Å². The van der Waals surface area contributed by atoms with E-state index in [1.165, 1.54) is 0 Å². The van der Waals surface area contributed by atoms with Gasteiger partial charge in [-0.1, -0.05) is 28.9 Å². The van der Waals surface area contributed by atoms with E-state index >= 15 is 0 Å². The standard InChI is InChI=1S/C11H10BrNO/c1-2-10-9(6-14)8-4-3-7(12)5-11(8)13-10/h3-6,13H,2H2,1H3. The van der Waals surface area contributed by atoms with Crippen LogP contribution in [-0.2, 0) is 6.42 Å². The summed E-state index contributed by atoms with van der Waals surface area (Å²) in [6.45, 7) is 2.03. The van der Waals surface area contributed by atoms with Crippen LogP contribution in [0.2, 0.25) is 0 Å². The highest BCUT2D eigenvalue weighted by molar-refractivity contribution is 9.10. The monoisotopic (exact) mass is 251 g/mol. The van der Waals surface area contributed by atoms with E-state index in [1.54, 1.807) is 0 Å². The predicted molar refractivity (Wildman–Crippen MR) is 60.8 cm³/mol. The van der Waals surface area contributed by atoms with Crippen molar-refractivity contribution in [2.45, 2.75) is 13.3 Å². The van der Waals surface area contributed by atoms with Gasteiger partial charge in [-0.05, 0) is 18.6 Å². The van der Waals surface area contributed by atoms with Crippen molar-refractivity contribution in [2.75, 3.05) is 0 Å². The Morgan fingerprint density at radius 2 is 2.29 bits per heavy atom. The molecule has 1 N–H and O–H groups in total. The highest BCUT2D eigenvalue weighted by Crippen LogP contribution is 2.24. The number of carbonyl (C=O) groups is 1. The van der Waals surface area contributed by atoms with Crippen molar-refractivity contribution in [3.63, 3.8) is 0 Å². The van der Waals surface area contributed by atoms with Gasteiger partial charge in [0.1, 0.15) is 0 Å². The molecular formula is C11H10BrNO. The average molecular weight is 252 g/mol. The number of fused-ring (bicyclic) bond motifs is 1. The van der Waals surface area contributed by atoms with Gasteiger partial charge in [0.2, 0.25) is 0 Å². The third-order valence-corrected chi connectivity index (χ3v) is 2.85. The summed E-state index contributed by atoms with van der Waals surface area (Å²) in [7, 11) is 0. The first-order chi connectivity index (χ1) is 6.76. The molecule has 0 fully saturated rings. The molecule has 72 valence electrons. The third-order valence-electron chi connectivity index (χ3n) is 2.35. The summed E-state index contributed by atoms with van der Waals surface area (Å²) in [5, 5.41) is 1.00. The highest BCUT2D eigenvalue weighted by atomic mass is 79.9. The lowest BCUT2D eigenvalue weighted by atomic mass is 10.1. The number of H-pyrrole nitrogens is 1. The number of aromatic nitrogens is 1. The number of nitrogens with one attached hydrogen (secondary N) is 1. The van der Waals surface area contributed by atoms with Crippen molar-refractivity contribution < 1.29 is 4.79 Å². The molecule has 0 amide bonds. The van der Waals surface area contributed by atoms with E-state index in [4.69, 9.17) is 0 Å². The summed E-state index contributed by atoms with van der Waals surface area (Å²) in [5.74, 6) is 0. The second kappa shape index (κ2) is 3.58. The minimum atomic E-state index is 0.787. The van der Waals surface area contributed by atoms with Crippen LogP contribution < -0.4 is 0 Å². The largest absolute Gasteiger partial charge is 0.358 e. The second-order valence-electron chi connectivity index (χ2n) is 3.18. The van der Waals surface area contributed by atoms with Gasteiger partial charge in [-0.15, -0.1) is 0 Å². The second-order valence-corrected chi connectivity index (χ2v) is 4.09. The molecule has 0 aliphatic carbocycles. The topological polar surface area (TPSA) is 32.9 Å². The average Bonchev–Trinajstić information content (AvgIpc) is 2.54. The van der Waals surface area contributed by atoms with E-state index < -0.39 is 0 Å². The molecule has 14 heavy (non-hydrogen) atoms. The zero-order valence-electron chi connectivity index (χ0n) is 7.80. The van der Waals surface area contributed by atoms with Crippen molar-refractivity contribution in [3.05, 3.63) is 33.9 Å². The van der Waals surface area contributed by atoms with E-state index in [9.17, 15) is 4.79 Å². The normalized spacial score (nSPS) is 10.7. The molecule has 0 atom stereocenters. The SMILES string of the molecule is CCc1[nH]c2cc(Br)ccc2c1C=O. The summed E-state index contributed by atoms with van der Waals surface area (Å²) in [6.07, 6.45) is 1.77. The van der Waals surface area contributed by atoms with E-state index in [2.05, 4.69) is 20.9 Å². The van der Waals surface area contributed by atoms with Gasteiger partial charge in [0.05, 0.1) is 0 Å². The fraction of sp³-hybridized carbons (Fsp3) is 0.182. The first-order valence-corrected chi connectivity index (χ1v) is 5.31. The Labute approximate surface area is 90.4 Å². The molecule has 0 saturated heterocycles. The summed E-state index contributed by atoms with van der Waals surface area (Å²) in [5.41, 5.74) is 2.81. The Bertz CT molecular complexity index is 487. The maximum Gasteiger partial charge on any atom is 0.152 e. The number of hydrogen-bond donors (Lipinski definition) is 1. The van der Waals surface area contributed by atoms with Crippen molar-refractivity contribution in [3.8, 4) is 0 Å². The van der Waals surface area contributed by atoms with Crippen LogP contribution in [0, 0.1) is 0 Å². The molecule has 0 aliphatic heterocycles. The minimum Gasteiger partial charge on any atom is -0.358 e. The van der Waals surface area contributed by atoms with E-state index in [-0.39, 0.29) is 0 Å². The van der Waals surface area contributed by atoms with Crippen LogP contribution in [0.3, 0.4) is 0 Å². The summed E-state index contributed by atoms with van der Waals surface area (Å²) < 4.78 is 1.02. The van der Waals surface area contributed by atoms with Gasteiger partial charge in [0, 0.05) is 26.6 Å². The fourth-order valence-electron chi connectivity index (χ4n) is 1.66. The minimum absolute atomic E-state index is 0.787. The van der Waals surface area contributed by atoms with E-state index in [1.807, 2.05) is 25.1 Å². The molecule has 1 aromatic heterocycles. The molecule has 0 saturated carbocycles. The van der Waals surface area contributed by atoms with Gasteiger partial charge in [-0.25, -0.2) is 0 Å². The van der Waals surface area contributed by atoms with Gasteiger partial charge in [0.15, 0.2) is 6.29 Å². The Kier molecular flexibility index (Phi) is 2.42. The quantitative estimate of drug-likeness (QED) is 0.817. The molecule has 0 aliphatic rings. The Morgan fingerprint density at radius 1 is 1.50 bits per heavy atom. The van der Waals surface area contributed by atoms with E-state index in [0.29, 0.717) is 0 Å². The van der Waals surface area contributed by atoms with Crippen molar-refractivity contribution in [1.29, 1.82) is 0 Å². The van der Waals surface area contributed by atoms with Crippen LogP contribution in [0.25, 0.3) is 10.9 Å². The predicted octanol–water partition coefficient (Wildman–Crippen LogP) is 3.31. The summed E-state index contributed by atoms with van der Waals surface area (Å²) in [4.78, 5) is 14.2. The first kappa shape index (κ1) is 9.46. The summed E-state index contributed by atoms with van der Waals surface area (Å²) >= 11 is 3.40. The Morgan fingerprint density at radius 3 is 2.93 bits per heavy atom. The van der Waals surface area contributed by atoms with Crippen LogP contribution >= 0.6 is 15.9 Å². The van der Waals surface area contributed by atoms with Crippen LogP contribution in [0.4, 0.5) is 0 Å². The smallest absolute Gasteiger partial charge is 0.152 e. The highest BCUT2D eigenvalue weighted by Gasteiger charge is 2.08. The molecule has 2 rings (SSSR count). The van der Waals surface area contributed by atoms with Gasteiger partial charge in [0.25, 0.3) is 0 Å². The van der Waals surface area contributed by atoms with Crippen molar-refractivity contribution in [2.24, 2.45) is 0 Å². The zero-order chi connectivity index (χ0) is 10.1. The molecule has 0 bridgehead atoms. The maximum atomic E-state index is 10.9. The lowest BCUT2D eigenvalue weighted by molar-refractivity contribution is 0.112. The number of benzene rings is 1. The van der Waals surface area contributed by atoms with Crippen molar-refractivity contribution in [1.82, 2.24) is 4.98 Å². The number of rotatable bonds is 2. The molecule has 0 radical (unpaired) electrons. The van der Waals surface area contributed by atoms with Gasteiger partial charge in [-0.3, -0.25) is 4.79 Å². The number of carbonyl (C=O) groups excluding carboxylic acids is 1. The molecule has 0 unspecified atom stereocenters. The fourth-order valence-corrected chi connectivity index (χ4v) is 2.02. The lowest BCUT2D eigenvalue weighted by Gasteiger charge is -1.91. The van der Waals surface area contributed by atoms with Gasteiger partial charge >= 0.3 is 0 Å². The maximum absolute atomic E-state index is 10.9. The molecular weight excluding hydrogens is 242 g/mol. The Hall–Kier alpha value is -1.09. The molecule has 1 aromatic carbocycles. The number of halogens is 1. The lowest BCUT2D eigenvalue weighted by Crippen LogP contribution is -1.85. The van der Waals surface area contributed by atoms with Crippen molar-refractivity contribution >= 4 is 33.1 Å². The van der Waals surface area contributed by atoms with Crippen LogP contribution in [0.1, 0.15) is 23.0 Å². The number of aldehydes is 1. The third kappa shape index (κ3) is 1.38. The molecule has 3 heteroatoms. The number of aryl methyl sites for hydroxylation is 1. The summed E-state index contributed by atoms with van der Waals surface area (Å²) in [6, 6.07) is 5.89. The van der Waals surface area contributed by atoms with Crippen LogP contribution in [0.5, 0.6) is 0 Å². The van der Waals surface area contributed by atoms with Gasteiger partial charge < -0.3 is 4.98 Å². The van der Waals surface area contributed by atoms with Crippen LogP contribution in [-0.4, -0.2) is 11.3 Å². The number of aromatic amines is 1. The number of hydrogen-bond acceptors (Lipinski definition) is 1. The Balaban J connectivity index is 2.79.